The number of ether oxygens (including phenoxy) is 1. The third-order valence-corrected chi connectivity index (χ3v) is 2.65. The van der Waals surface area contributed by atoms with Gasteiger partial charge in [0.15, 0.2) is 0 Å². The summed E-state index contributed by atoms with van der Waals surface area (Å²) in [6, 6.07) is 1.60. The Bertz CT molecular complexity index is 490. The molecule has 2 rings (SSSR count). The van der Waals surface area contributed by atoms with Crippen molar-refractivity contribution in [2.24, 2.45) is 0 Å². The second kappa shape index (κ2) is 6.58. The van der Waals surface area contributed by atoms with E-state index in [0.29, 0.717) is 29.1 Å². The summed E-state index contributed by atoms with van der Waals surface area (Å²) >= 11 is 11.7. The largest absolute Gasteiger partial charge is 0.475 e. The normalized spacial score (nSPS) is 10.6. The zero-order valence-electron chi connectivity index (χ0n) is 9.49. The Labute approximate surface area is 114 Å². The minimum absolute atomic E-state index is 0.395. The van der Waals surface area contributed by atoms with Gasteiger partial charge in [-0.05, 0) is 6.07 Å². The van der Waals surface area contributed by atoms with Crippen LogP contribution in [0.15, 0.2) is 24.7 Å². The molecular weight excluding hydrogens is 275 g/mol. The summed E-state index contributed by atoms with van der Waals surface area (Å²) in [4.78, 5) is 4.00. The zero-order chi connectivity index (χ0) is 12.8. The van der Waals surface area contributed by atoms with E-state index in [-0.39, 0.29) is 0 Å². The van der Waals surface area contributed by atoms with Gasteiger partial charge in [-0.1, -0.05) is 23.2 Å². The molecule has 7 heteroatoms. The molecule has 0 aliphatic carbocycles. The highest BCUT2D eigenvalue weighted by molar-refractivity contribution is 6.35. The molecule has 0 unspecified atom stereocenters. The van der Waals surface area contributed by atoms with Crippen molar-refractivity contribution in [3.05, 3.63) is 40.3 Å². The number of nitrogens with one attached hydrogen (secondary N) is 2. The van der Waals surface area contributed by atoms with E-state index in [9.17, 15) is 0 Å². The standard InChI is InChI=1S/C11H12Cl2N4O/c12-9-3-10(13)11(15-7-9)18-2-1-14-4-8-5-16-17-6-8/h3,5-7,14H,1-2,4H2,(H,16,17). The average Bonchev–Trinajstić information content (AvgIpc) is 2.84. The Morgan fingerprint density at radius 1 is 1.33 bits per heavy atom. The van der Waals surface area contributed by atoms with Gasteiger partial charge in [-0.25, -0.2) is 4.98 Å². The minimum atomic E-state index is 0.395. The van der Waals surface area contributed by atoms with Crippen molar-refractivity contribution in [3.63, 3.8) is 0 Å². The van der Waals surface area contributed by atoms with E-state index < -0.39 is 0 Å². The molecule has 2 aromatic heterocycles. The number of H-pyrrole nitrogens is 1. The van der Waals surface area contributed by atoms with Crippen molar-refractivity contribution < 1.29 is 4.74 Å². The third-order valence-electron chi connectivity index (χ3n) is 2.18. The van der Waals surface area contributed by atoms with Crippen LogP contribution in [-0.4, -0.2) is 28.3 Å². The number of hydrogen-bond donors (Lipinski definition) is 2. The molecule has 0 radical (unpaired) electrons. The molecule has 0 spiro atoms. The van der Waals surface area contributed by atoms with E-state index in [4.69, 9.17) is 27.9 Å². The summed E-state index contributed by atoms with van der Waals surface area (Å²) in [5.74, 6) is 0.395. The monoisotopic (exact) mass is 286 g/mol. The smallest absolute Gasteiger partial charge is 0.232 e. The Hall–Kier alpha value is -1.30. The van der Waals surface area contributed by atoms with Crippen LogP contribution >= 0.6 is 23.2 Å². The molecule has 0 amide bonds. The van der Waals surface area contributed by atoms with Gasteiger partial charge in [-0.15, -0.1) is 0 Å². The molecule has 2 heterocycles. The summed E-state index contributed by atoms with van der Waals surface area (Å²) in [5.41, 5.74) is 1.10. The average molecular weight is 287 g/mol. The van der Waals surface area contributed by atoms with E-state index in [2.05, 4.69) is 20.5 Å². The van der Waals surface area contributed by atoms with Gasteiger partial charge >= 0.3 is 0 Å². The predicted molar refractivity (Wildman–Crippen MR) is 70.0 cm³/mol. The fourth-order valence-electron chi connectivity index (χ4n) is 1.34. The van der Waals surface area contributed by atoms with Crippen LogP contribution < -0.4 is 10.1 Å². The van der Waals surface area contributed by atoms with Gasteiger partial charge in [0.05, 0.1) is 11.2 Å². The molecule has 0 fully saturated rings. The lowest BCUT2D eigenvalue weighted by Gasteiger charge is -2.07. The number of aromatic amines is 1. The summed E-state index contributed by atoms with van der Waals surface area (Å²) < 4.78 is 5.42. The molecule has 0 saturated carbocycles. The van der Waals surface area contributed by atoms with Gasteiger partial charge in [0, 0.05) is 31.0 Å². The van der Waals surface area contributed by atoms with Crippen molar-refractivity contribution in [1.82, 2.24) is 20.5 Å². The van der Waals surface area contributed by atoms with Crippen LogP contribution in [-0.2, 0) is 6.54 Å². The molecule has 5 nitrogen and oxygen atoms in total. The molecule has 0 saturated heterocycles. The number of pyridine rings is 1. The summed E-state index contributed by atoms with van der Waals surface area (Å²) in [5, 5.41) is 10.7. The third kappa shape index (κ3) is 3.87. The van der Waals surface area contributed by atoms with E-state index in [1.807, 2.05) is 6.20 Å². The van der Waals surface area contributed by atoms with Gasteiger partial charge < -0.3 is 10.1 Å². The van der Waals surface area contributed by atoms with Crippen molar-refractivity contribution in [2.75, 3.05) is 13.2 Å². The SMILES string of the molecule is Clc1cnc(OCCNCc2cn[nH]c2)c(Cl)c1. The molecule has 0 atom stereocenters. The van der Waals surface area contributed by atoms with Crippen LogP contribution in [0.3, 0.4) is 0 Å². The van der Waals surface area contributed by atoms with Gasteiger partial charge in [0.2, 0.25) is 5.88 Å². The molecule has 2 N–H and O–H groups in total. The lowest BCUT2D eigenvalue weighted by Crippen LogP contribution is -2.20. The maximum absolute atomic E-state index is 5.92. The van der Waals surface area contributed by atoms with Crippen LogP contribution in [0.1, 0.15) is 5.56 Å². The Morgan fingerprint density at radius 3 is 2.94 bits per heavy atom. The number of rotatable bonds is 6. The van der Waals surface area contributed by atoms with E-state index >= 15 is 0 Å². The second-order valence-electron chi connectivity index (χ2n) is 3.57. The van der Waals surface area contributed by atoms with Crippen LogP contribution in [0.5, 0.6) is 5.88 Å². The number of hydrogen-bond acceptors (Lipinski definition) is 4. The first kappa shape index (κ1) is 13.1. The molecule has 0 aliphatic rings. The quantitative estimate of drug-likeness (QED) is 0.800. The van der Waals surface area contributed by atoms with Crippen LogP contribution in [0, 0.1) is 0 Å². The summed E-state index contributed by atoms with van der Waals surface area (Å²) in [6.45, 7) is 1.90. The topological polar surface area (TPSA) is 62.8 Å². The maximum Gasteiger partial charge on any atom is 0.232 e. The predicted octanol–water partition coefficient (Wildman–Crippen LogP) is 2.28. The molecule has 18 heavy (non-hydrogen) atoms. The second-order valence-corrected chi connectivity index (χ2v) is 4.42. The van der Waals surface area contributed by atoms with Crippen molar-refractivity contribution >= 4 is 23.2 Å². The van der Waals surface area contributed by atoms with Crippen molar-refractivity contribution in [3.8, 4) is 5.88 Å². The lowest BCUT2D eigenvalue weighted by atomic mass is 10.3. The highest BCUT2D eigenvalue weighted by atomic mass is 35.5. The van der Waals surface area contributed by atoms with Gasteiger partial charge in [0.1, 0.15) is 11.6 Å². The molecular formula is C11H12Cl2N4O. The van der Waals surface area contributed by atoms with Gasteiger partial charge in [0.25, 0.3) is 0 Å². The Balaban J connectivity index is 1.69. The molecule has 0 aromatic carbocycles. The fourth-order valence-corrected chi connectivity index (χ4v) is 1.77. The van der Waals surface area contributed by atoms with Crippen molar-refractivity contribution in [2.45, 2.75) is 6.54 Å². The first-order valence-corrected chi connectivity index (χ1v) is 6.13. The summed E-state index contributed by atoms with van der Waals surface area (Å²) in [6.07, 6.45) is 5.11. The number of aromatic nitrogens is 3. The first-order chi connectivity index (χ1) is 8.75. The van der Waals surface area contributed by atoms with Crippen LogP contribution in [0.4, 0.5) is 0 Å². The highest BCUT2D eigenvalue weighted by Crippen LogP contribution is 2.24. The fraction of sp³-hybridized carbons (Fsp3) is 0.273. The first-order valence-electron chi connectivity index (χ1n) is 5.38. The highest BCUT2D eigenvalue weighted by Gasteiger charge is 2.03. The minimum Gasteiger partial charge on any atom is -0.475 e. The van der Waals surface area contributed by atoms with Crippen LogP contribution in [0.25, 0.3) is 0 Å². The molecule has 96 valence electrons. The van der Waals surface area contributed by atoms with E-state index in [1.54, 1.807) is 12.3 Å². The van der Waals surface area contributed by atoms with E-state index in [1.165, 1.54) is 6.20 Å². The maximum atomic E-state index is 5.92. The number of halogens is 2. The van der Waals surface area contributed by atoms with E-state index in [0.717, 1.165) is 12.1 Å². The molecule has 0 aliphatic heterocycles. The summed E-state index contributed by atoms with van der Waals surface area (Å²) in [7, 11) is 0. The van der Waals surface area contributed by atoms with Crippen molar-refractivity contribution in [1.29, 1.82) is 0 Å². The van der Waals surface area contributed by atoms with Gasteiger partial charge in [-0.3, -0.25) is 5.10 Å². The Morgan fingerprint density at radius 2 is 2.22 bits per heavy atom. The molecule has 2 aromatic rings. The van der Waals surface area contributed by atoms with Crippen LogP contribution in [0.2, 0.25) is 10.0 Å². The zero-order valence-corrected chi connectivity index (χ0v) is 11.0. The number of nitrogens with zero attached hydrogens (tertiary/aromatic N) is 2. The Kier molecular flexibility index (Phi) is 4.81. The lowest BCUT2D eigenvalue weighted by molar-refractivity contribution is 0.302. The molecule has 0 bridgehead atoms. The van der Waals surface area contributed by atoms with Gasteiger partial charge in [-0.2, -0.15) is 5.10 Å².